The lowest BCUT2D eigenvalue weighted by Crippen LogP contribution is -2.42. The van der Waals surface area contributed by atoms with Crippen molar-refractivity contribution < 1.29 is 9.59 Å². The number of nitrogens with one attached hydrogen (secondary N) is 1. The number of carbonyl (C=O) groups is 2. The van der Waals surface area contributed by atoms with E-state index in [1.54, 1.807) is 24.3 Å². The molecule has 6 rings (SSSR count). The second kappa shape index (κ2) is 11.5. The van der Waals surface area contributed by atoms with Crippen LogP contribution in [-0.4, -0.2) is 65.6 Å². The summed E-state index contributed by atoms with van der Waals surface area (Å²) in [5, 5.41) is -0.622. The summed E-state index contributed by atoms with van der Waals surface area (Å²) in [5.41, 5.74) is 3.73. The molecule has 42 heavy (non-hydrogen) atoms. The molecule has 1 N–H and O–H groups in total. The summed E-state index contributed by atoms with van der Waals surface area (Å²) in [5.74, 6) is 0.0353. The molecule has 0 bridgehead atoms. The summed E-state index contributed by atoms with van der Waals surface area (Å²) in [4.78, 5) is 51.1. The van der Waals surface area contributed by atoms with Crippen LogP contribution in [-0.2, 0) is 9.59 Å². The van der Waals surface area contributed by atoms with Gasteiger partial charge >= 0.3 is 5.69 Å². The van der Waals surface area contributed by atoms with Crippen LogP contribution in [0.15, 0.2) is 72.0 Å². The highest BCUT2D eigenvalue weighted by atomic mass is 32.2. The number of piperidine rings is 1. The zero-order valence-corrected chi connectivity index (χ0v) is 25.2. The lowest BCUT2D eigenvalue weighted by atomic mass is 9.92. The first-order chi connectivity index (χ1) is 20.2. The normalized spacial score (nSPS) is 20.1. The third kappa shape index (κ3) is 5.64. The standard InChI is InChI=1S/C32H38N6O3S/c1-32(2,3)14-18-37-29(40)27(42-30(37)23-8-4-6-10-25(23)36-19-15-33-21-36)20-28(39)35-16-12-22(13-17-35)38-26-11-7-5-9-24(26)34-31(38)41/h4-11,15,19,21-22,27,30H,12-14,16-18,20H2,1-3H3,(H,34,41). The van der Waals surface area contributed by atoms with E-state index in [1.807, 2.05) is 67.6 Å². The van der Waals surface area contributed by atoms with Crippen LogP contribution in [0.3, 0.4) is 0 Å². The first kappa shape index (κ1) is 28.3. The molecule has 2 aliphatic rings. The van der Waals surface area contributed by atoms with Gasteiger partial charge in [-0.15, -0.1) is 11.8 Å². The van der Waals surface area contributed by atoms with Gasteiger partial charge in [-0.2, -0.15) is 0 Å². The number of carbonyl (C=O) groups excluding carboxylic acids is 2. The molecule has 2 amide bonds. The summed E-state index contributed by atoms with van der Waals surface area (Å²) >= 11 is 1.58. The number of amides is 2. The van der Waals surface area contributed by atoms with E-state index < -0.39 is 5.25 Å². The zero-order chi connectivity index (χ0) is 29.4. The molecule has 9 nitrogen and oxygen atoms in total. The molecule has 4 heterocycles. The Balaban J connectivity index is 1.17. The number of aromatic nitrogens is 4. The van der Waals surface area contributed by atoms with Crippen LogP contribution >= 0.6 is 11.8 Å². The second-order valence-electron chi connectivity index (χ2n) is 12.5. The van der Waals surface area contributed by atoms with Crippen molar-refractivity contribution in [3.8, 4) is 5.69 Å². The Morgan fingerprint density at radius 3 is 2.52 bits per heavy atom. The van der Waals surface area contributed by atoms with E-state index in [1.165, 1.54) is 0 Å². The summed E-state index contributed by atoms with van der Waals surface area (Å²) in [6.45, 7) is 8.33. The molecule has 0 aliphatic carbocycles. The molecule has 10 heteroatoms. The predicted molar refractivity (Wildman–Crippen MR) is 165 cm³/mol. The van der Waals surface area contributed by atoms with Gasteiger partial charge < -0.3 is 19.4 Å². The molecule has 2 atom stereocenters. The van der Waals surface area contributed by atoms with E-state index in [2.05, 4.69) is 36.8 Å². The molecule has 4 aromatic rings. The SMILES string of the molecule is CC(C)(C)CCN1C(=O)C(CC(=O)N2CCC(n3c(=O)[nH]c4ccccc43)CC2)SC1c1ccccc1-n1ccnc1. The van der Waals surface area contributed by atoms with Crippen LogP contribution in [0.1, 0.15) is 63.4 Å². The lowest BCUT2D eigenvalue weighted by molar-refractivity contribution is -0.136. The Bertz CT molecular complexity index is 1630. The van der Waals surface area contributed by atoms with E-state index in [9.17, 15) is 14.4 Å². The third-order valence-electron chi connectivity index (χ3n) is 8.39. The molecule has 2 fully saturated rings. The number of hydrogen-bond donors (Lipinski definition) is 1. The van der Waals surface area contributed by atoms with Crippen molar-refractivity contribution in [3.63, 3.8) is 0 Å². The van der Waals surface area contributed by atoms with Crippen LogP contribution in [0.25, 0.3) is 16.7 Å². The molecule has 0 radical (unpaired) electrons. The number of rotatable bonds is 7. The Hall–Kier alpha value is -3.79. The molecule has 2 aliphatic heterocycles. The van der Waals surface area contributed by atoms with Crippen LogP contribution in [0.4, 0.5) is 0 Å². The molecule has 0 spiro atoms. The van der Waals surface area contributed by atoms with Crippen molar-refractivity contribution in [1.82, 2.24) is 28.9 Å². The van der Waals surface area contributed by atoms with E-state index in [0.29, 0.717) is 32.5 Å². The number of H-pyrrole nitrogens is 1. The van der Waals surface area contributed by atoms with Gasteiger partial charge in [0.05, 0.1) is 28.3 Å². The lowest BCUT2D eigenvalue weighted by Gasteiger charge is -2.33. The van der Waals surface area contributed by atoms with E-state index in [0.717, 1.165) is 28.7 Å². The van der Waals surface area contributed by atoms with Gasteiger partial charge in [0, 0.05) is 50.1 Å². The van der Waals surface area contributed by atoms with Gasteiger partial charge in [0.15, 0.2) is 0 Å². The molecule has 0 saturated carbocycles. The van der Waals surface area contributed by atoms with Gasteiger partial charge in [-0.3, -0.25) is 14.2 Å². The molecule has 220 valence electrons. The summed E-state index contributed by atoms with van der Waals surface area (Å²) < 4.78 is 3.81. The van der Waals surface area contributed by atoms with Crippen molar-refractivity contribution in [2.24, 2.45) is 5.41 Å². The molecular weight excluding hydrogens is 548 g/mol. The minimum Gasteiger partial charge on any atom is -0.342 e. The minimum atomic E-state index is -0.438. The first-order valence-electron chi connectivity index (χ1n) is 14.7. The van der Waals surface area contributed by atoms with E-state index in [4.69, 9.17) is 0 Å². The summed E-state index contributed by atoms with van der Waals surface area (Å²) in [6.07, 6.45) is 7.89. The van der Waals surface area contributed by atoms with Crippen molar-refractivity contribution in [1.29, 1.82) is 0 Å². The minimum absolute atomic E-state index is 0.00453. The number of para-hydroxylation sites is 3. The van der Waals surface area contributed by atoms with Gasteiger partial charge in [0.25, 0.3) is 0 Å². The van der Waals surface area contributed by atoms with Crippen LogP contribution in [0.5, 0.6) is 0 Å². The maximum Gasteiger partial charge on any atom is 0.326 e. The highest BCUT2D eigenvalue weighted by Crippen LogP contribution is 2.46. The fourth-order valence-electron chi connectivity index (χ4n) is 6.08. The highest BCUT2D eigenvalue weighted by molar-refractivity contribution is 8.01. The Morgan fingerprint density at radius 2 is 1.79 bits per heavy atom. The first-order valence-corrected chi connectivity index (χ1v) is 15.6. The maximum atomic E-state index is 13.9. The van der Waals surface area contributed by atoms with Gasteiger partial charge in [-0.05, 0) is 42.9 Å². The van der Waals surface area contributed by atoms with Crippen LogP contribution in [0, 0.1) is 5.41 Å². The van der Waals surface area contributed by atoms with Crippen molar-refractivity contribution in [2.45, 2.75) is 63.1 Å². The van der Waals surface area contributed by atoms with Crippen molar-refractivity contribution in [3.05, 3.63) is 83.3 Å². The molecule has 2 aromatic heterocycles. The van der Waals surface area contributed by atoms with Crippen LogP contribution < -0.4 is 5.69 Å². The number of benzene rings is 2. The molecular formula is C32H38N6O3S. The largest absolute Gasteiger partial charge is 0.342 e. The van der Waals surface area contributed by atoms with E-state index in [-0.39, 0.29) is 40.8 Å². The summed E-state index contributed by atoms with van der Waals surface area (Å²) in [6, 6.07) is 15.9. The van der Waals surface area contributed by atoms with Crippen LogP contribution in [0.2, 0.25) is 0 Å². The molecule has 2 saturated heterocycles. The number of thioether (sulfide) groups is 1. The number of imidazole rings is 2. The zero-order valence-electron chi connectivity index (χ0n) is 24.4. The Labute approximate surface area is 249 Å². The van der Waals surface area contributed by atoms with E-state index >= 15 is 0 Å². The van der Waals surface area contributed by atoms with Gasteiger partial charge in [0.1, 0.15) is 5.37 Å². The van der Waals surface area contributed by atoms with Gasteiger partial charge in [-0.25, -0.2) is 9.78 Å². The molecule has 2 aromatic carbocycles. The monoisotopic (exact) mass is 586 g/mol. The van der Waals surface area contributed by atoms with Crippen molar-refractivity contribution >= 4 is 34.6 Å². The second-order valence-corrected chi connectivity index (χ2v) is 13.8. The number of likely N-dealkylation sites (tertiary alicyclic amines) is 1. The third-order valence-corrected chi connectivity index (χ3v) is 9.85. The number of hydrogen-bond acceptors (Lipinski definition) is 5. The quantitative estimate of drug-likeness (QED) is 0.323. The number of nitrogens with zero attached hydrogens (tertiary/aromatic N) is 5. The average molecular weight is 587 g/mol. The smallest absolute Gasteiger partial charge is 0.326 e. The fourth-order valence-corrected chi connectivity index (χ4v) is 7.58. The highest BCUT2D eigenvalue weighted by Gasteiger charge is 2.43. The Kier molecular flexibility index (Phi) is 7.74. The van der Waals surface area contributed by atoms with Gasteiger partial charge in [-0.1, -0.05) is 51.1 Å². The van der Waals surface area contributed by atoms with Gasteiger partial charge in [0.2, 0.25) is 11.8 Å². The van der Waals surface area contributed by atoms with Crippen molar-refractivity contribution in [2.75, 3.05) is 19.6 Å². The number of fused-ring (bicyclic) bond motifs is 1. The average Bonchev–Trinajstić information content (AvgIpc) is 3.69. The predicted octanol–water partition coefficient (Wildman–Crippen LogP) is 5.15. The summed E-state index contributed by atoms with van der Waals surface area (Å²) in [7, 11) is 0. The fraction of sp³-hybridized carbons (Fsp3) is 0.438. The molecule has 2 unspecified atom stereocenters. The topological polar surface area (TPSA) is 96.2 Å². The maximum absolute atomic E-state index is 13.9. The number of aromatic amines is 1. The Morgan fingerprint density at radius 1 is 1.05 bits per heavy atom.